The SMILES string of the molecule is CCCCNS(=O)(=O)c1ccc(F)c([N+](=O)[O-])c1. The van der Waals surface area contributed by atoms with E-state index in [4.69, 9.17) is 0 Å². The van der Waals surface area contributed by atoms with E-state index in [0.717, 1.165) is 18.6 Å². The van der Waals surface area contributed by atoms with Gasteiger partial charge in [0.25, 0.3) is 0 Å². The molecule has 0 unspecified atom stereocenters. The molecule has 0 aliphatic heterocycles. The third-order valence-electron chi connectivity index (χ3n) is 2.25. The van der Waals surface area contributed by atoms with Gasteiger partial charge in [-0.3, -0.25) is 10.1 Å². The maximum Gasteiger partial charge on any atom is 0.306 e. The molecule has 0 heterocycles. The number of sulfonamides is 1. The summed E-state index contributed by atoms with van der Waals surface area (Å²) in [6, 6.07) is 2.48. The molecule has 0 amide bonds. The molecule has 0 spiro atoms. The number of hydrogen-bond acceptors (Lipinski definition) is 4. The minimum atomic E-state index is -3.83. The molecule has 0 atom stereocenters. The molecular formula is C10H13FN2O4S. The van der Waals surface area contributed by atoms with Crippen LogP contribution in [0.15, 0.2) is 23.1 Å². The topological polar surface area (TPSA) is 89.3 Å². The Labute approximate surface area is 104 Å². The van der Waals surface area contributed by atoms with Crippen molar-refractivity contribution in [3.05, 3.63) is 34.1 Å². The molecule has 0 aromatic heterocycles. The lowest BCUT2D eigenvalue weighted by atomic mass is 10.3. The molecule has 0 aliphatic carbocycles. The number of nitro benzene ring substituents is 1. The van der Waals surface area contributed by atoms with E-state index < -0.39 is 26.5 Å². The first-order valence-electron chi connectivity index (χ1n) is 5.32. The predicted molar refractivity (Wildman–Crippen MR) is 63.2 cm³/mol. The van der Waals surface area contributed by atoms with E-state index in [0.29, 0.717) is 12.5 Å². The van der Waals surface area contributed by atoms with Crippen LogP contribution in [-0.2, 0) is 10.0 Å². The Balaban J connectivity index is 3.02. The highest BCUT2D eigenvalue weighted by molar-refractivity contribution is 7.89. The lowest BCUT2D eigenvalue weighted by molar-refractivity contribution is -0.387. The van der Waals surface area contributed by atoms with Crippen LogP contribution in [0.3, 0.4) is 0 Å². The Bertz CT molecular complexity index is 545. The van der Waals surface area contributed by atoms with Gasteiger partial charge in [0, 0.05) is 12.6 Å². The summed E-state index contributed by atoms with van der Waals surface area (Å²) in [5, 5.41) is 10.5. The van der Waals surface area contributed by atoms with E-state index >= 15 is 0 Å². The Morgan fingerprint density at radius 3 is 2.67 bits per heavy atom. The zero-order chi connectivity index (χ0) is 13.8. The number of halogens is 1. The summed E-state index contributed by atoms with van der Waals surface area (Å²) in [5.41, 5.74) is -0.853. The van der Waals surface area contributed by atoms with Gasteiger partial charge in [-0.2, -0.15) is 4.39 Å². The molecule has 0 bridgehead atoms. The zero-order valence-corrected chi connectivity index (χ0v) is 10.5. The quantitative estimate of drug-likeness (QED) is 0.487. The average Bonchev–Trinajstić information content (AvgIpc) is 2.29. The molecule has 18 heavy (non-hydrogen) atoms. The van der Waals surface area contributed by atoms with Gasteiger partial charge in [-0.1, -0.05) is 13.3 Å². The van der Waals surface area contributed by atoms with Gasteiger partial charge in [0.2, 0.25) is 15.8 Å². The Morgan fingerprint density at radius 1 is 1.44 bits per heavy atom. The lowest BCUT2D eigenvalue weighted by Gasteiger charge is -2.06. The van der Waals surface area contributed by atoms with Crippen LogP contribution in [0, 0.1) is 15.9 Å². The molecule has 1 rings (SSSR count). The average molecular weight is 276 g/mol. The Kier molecular flexibility index (Phi) is 4.74. The van der Waals surface area contributed by atoms with Crippen LogP contribution < -0.4 is 4.72 Å². The number of nitrogens with zero attached hydrogens (tertiary/aromatic N) is 1. The van der Waals surface area contributed by atoms with E-state index in [-0.39, 0.29) is 11.4 Å². The zero-order valence-electron chi connectivity index (χ0n) is 9.72. The van der Waals surface area contributed by atoms with Gasteiger partial charge >= 0.3 is 5.69 Å². The Hall–Kier alpha value is -1.54. The van der Waals surface area contributed by atoms with Gasteiger partial charge in [0.05, 0.1) is 9.82 Å². The molecule has 8 heteroatoms. The maximum atomic E-state index is 13.1. The summed E-state index contributed by atoms with van der Waals surface area (Å²) < 4.78 is 38.8. The predicted octanol–water partition coefficient (Wildman–Crippen LogP) is 1.81. The number of benzene rings is 1. The van der Waals surface area contributed by atoms with E-state index in [9.17, 15) is 22.9 Å². The van der Waals surface area contributed by atoms with E-state index in [2.05, 4.69) is 4.72 Å². The molecule has 0 saturated carbocycles. The maximum absolute atomic E-state index is 13.1. The number of nitrogens with one attached hydrogen (secondary N) is 1. The molecular weight excluding hydrogens is 263 g/mol. The van der Waals surface area contributed by atoms with Crippen molar-refractivity contribution < 1.29 is 17.7 Å². The van der Waals surface area contributed by atoms with Gasteiger partial charge < -0.3 is 0 Å². The summed E-state index contributed by atoms with van der Waals surface area (Å²) in [6.45, 7) is 2.14. The van der Waals surface area contributed by atoms with E-state index in [1.165, 1.54) is 0 Å². The second kappa shape index (κ2) is 5.87. The van der Waals surface area contributed by atoms with Crippen molar-refractivity contribution in [3.8, 4) is 0 Å². The smallest absolute Gasteiger partial charge is 0.258 e. The van der Waals surface area contributed by atoms with Crippen molar-refractivity contribution >= 4 is 15.7 Å². The summed E-state index contributed by atoms with van der Waals surface area (Å²) in [6.07, 6.45) is 1.47. The highest BCUT2D eigenvalue weighted by Crippen LogP contribution is 2.21. The molecule has 1 aromatic rings. The van der Waals surface area contributed by atoms with Crippen molar-refractivity contribution in [1.82, 2.24) is 4.72 Å². The fourth-order valence-electron chi connectivity index (χ4n) is 1.27. The minimum absolute atomic E-state index is 0.240. The Morgan fingerprint density at radius 2 is 2.11 bits per heavy atom. The van der Waals surface area contributed by atoms with Crippen LogP contribution in [0.5, 0.6) is 0 Å². The molecule has 0 fully saturated rings. The van der Waals surface area contributed by atoms with Gasteiger partial charge in [0.15, 0.2) is 0 Å². The fraction of sp³-hybridized carbons (Fsp3) is 0.400. The van der Waals surface area contributed by atoms with Crippen LogP contribution >= 0.6 is 0 Å². The third-order valence-corrected chi connectivity index (χ3v) is 3.71. The summed E-state index contributed by atoms with van der Waals surface area (Å²) in [4.78, 5) is 9.24. The van der Waals surface area contributed by atoms with Gasteiger partial charge in [0.1, 0.15) is 0 Å². The third kappa shape index (κ3) is 3.47. The summed E-state index contributed by atoms with van der Waals surface area (Å²) >= 11 is 0. The molecule has 0 saturated heterocycles. The molecule has 1 N–H and O–H groups in total. The summed E-state index contributed by atoms with van der Waals surface area (Å²) in [7, 11) is -3.83. The lowest BCUT2D eigenvalue weighted by Crippen LogP contribution is -2.24. The fourth-order valence-corrected chi connectivity index (χ4v) is 2.36. The van der Waals surface area contributed by atoms with Crippen LogP contribution in [0.4, 0.5) is 10.1 Å². The van der Waals surface area contributed by atoms with Crippen molar-refractivity contribution in [1.29, 1.82) is 0 Å². The highest BCUT2D eigenvalue weighted by Gasteiger charge is 2.20. The largest absolute Gasteiger partial charge is 0.306 e. The highest BCUT2D eigenvalue weighted by atomic mass is 32.2. The van der Waals surface area contributed by atoms with Crippen molar-refractivity contribution in [2.75, 3.05) is 6.54 Å². The number of nitro groups is 1. The van der Waals surface area contributed by atoms with Gasteiger partial charge in [-0.25, -0.2) is 13.1 Å². The van der Waals surface area contributed by atoms with Crippen molar-refractivity contribution in [2.45, 2.75) is 24.7 Å². The van der Waals surface area contributed by atoms with E-state index in [1.807, 2.05) is 6.92 Å². The van der Waals surface area contributed by atoms with Crippen molar-refractivity contribution in [2.24, 2.45) is 0 Å². The first-order valence-corrected chi connectivity index (χ1v) is 6.80. The first-order chi connectivity index (χ1) is 8.38. The van der Waals surface area contributed by atoms with Crippen LogP contribution in [-0.4, -0.2) is 19.9 Å². The molecule has 0 radical (unpaired) electrons. The normalized spacial score (nSPS) is 11.4. The van der Waals surface area contributed by atoms with Gasteiger partial charge in [-0.05, 0) is 18.6 Å². The number of rotatable bonds is 6. The second-order valence-corrected chi connectivity index (χ2v) is 5.39. The monoisotopic (exact) mass is 276 g/mol. The van der Waals surface area contributed by atoms with Crippen LogP contribution in [0.25, 0.3) is 0 Å². The van der Waals surface area contributed by atoms with Gasteiger partial charge in [-0.15, -0.1) is 0 Å². The van der Waals surface area contributed by atoms with E-state index in [1.54, 1.807) is 0 Å². The molecule has 0 aliphatic rings. The summed E-state index contributed by atoms with van der Waals surface area (Å²) in [5.74, 6) is -1.06. The van der Waals surface area contributed by atoms with Crippen molar-refractivity contribution in [3.63, 3.8) is 0 Å². The molecule has 6 nitrogen and oxygen atoms in total. The number of hydrogen-bond donors (Lipinski definition) is 1. The first kappa shape index (κ1) is 14.5. The minimum Gasteiger partial charge on any atom is -0.258 e. The number of unbranched alkanes of at least 4 members (excludes halogenated alkanes) is 1. The van der Waals surface area contributed by atoms with Crippen LogP contribution in [0.2, 0.25) is 0 Å². The standard InChI is InChI=1S/C10H13FN2O4S/c1-2-3-6-12-18(16,17)8-4-5-9(11)10(7-8)13(14)15/h4-5,7,12H,2-3,6H2,1H3. The second-order valence-electron chi connectivity index (χ2n) is 3.62. The van der Waals surface area contributed by atoms with Crippen LogP contribution in [0.1, 0.15) is 19.8 Å². The molecule has 1 aromatic carbocycles. The molecule has 100 valence electrons.